The summed E-state index contributed by atoms with van der Waals surface area (Å²) in [5.41, 5.74) is 0.444. The number of ether oxygens (including phenoxy) is 1. The molecule has 0 unspecified atom stereocenters. The monoisotopic (exact) mass is 373 g/mol. The Hall–Kier alpha value is -2.76. The molecule has 4 nitrogen and oxygen atoms in total. The van der Waals surface area contributed by atoms with Crippen LogP contribution in [0.15, 0.2) is 48.5 Å². The number of carbonyl (C=O) groups is 2. The lowest BCUT2D eigenvalue weighted by Gasteiger charge is -2.27. The molecule has 1 N–H and O–H groups in total. The number of amides is 1. The zero-order valence-corrected chi connectivity index (χ0v) is 14.8. The smallest absolute Gasteiger partial charge is 0.317 e. The zero-order valence-electron chi connectivity index (χ0n) is 14.8. The van der Waals surface area contributed by atoms with E-state index in [1.807, 2.05) is 0 Å². The van der Waals surface area contributed by atoms with Crippen molar-refractivity contribution in [2.24, 2.45) is 0 Å². The van der Waals surface area contributed by atoms with Crippen LogP contribution in [-0.2, 0) is 26.3 Å². The van der Waals surface area contributed by atoms with Gasteiger partial charge in [0.2, 0.25) is 0 Å². The van der Waals surface area contributed by atoms with Crippen LogP contribution in [0.3, 0.4) is 0 Å². The van der Waals surface area contributed by atoms with Gasteiger partial charge in [0.15, 0.2) is 6.61 Å². The summed E-state index contributed by atoms with van der Waals surface area (Å²) in [6, 6.07) is 11.8. The molecule has 6 heteroatoms. The van der Waals surface area contributed by atoms with Crippen LogP contribution in [0.5, 0.6) is 0 Å². The molecule has 2 aromatic rings. The Labute approximate surface area is 156 Å². The highest BCUT2D eigenvalue weighted by Crippen LogP contribution is 2.42. The Morgan fingerprint density at radius 3 is 2.37 bits per heavy atom. The minimum atomic E-state index is -0.890. The second-order valence-corrected chi connectivity index (χ2v) is 6.78. The summed E-state index contributed by atoms with van der Waals surface area (Å²) >= 11 is 0. The summed E-state index contributed by atoms with van der Waals surface area (Å²) in [5.74, 6) is -1.69. The average Bonchev–Trinajstić information content (AvgIpc) is 3.17. The maximum atomic E-state index is 13.6. The number of hydrogen-bond donors (Lipinski definition) is 1. The number of esters is 1. The van der Waals surface area contributed by atoms with Crippen molar-refractivity contribution in [1.29, 1.82) is 0 Å². The lowest BCUT2D eigenvalue weighted by Crippen LogP contribution is -2.37. The second kappa shape index (κ2) is 8.29. The highest BCUT2D eigenvalue weighted by atomic mass is 19.1. The van der Waals surface area contributed by atoms with Gasteiger partial charge in [-0.25, -0.2) is 8.78 Å². The van der Waals surface area contributed by atoms with Crippen molar-refractivity contribution in [3.05, 3.63) is 71.3 Å². The van der Waals surface area contributed by atoms with E-state index in [1.54, 1.807) is 24.3 Å². The van der Waals surface area contributed by atoms with E-state index in [1.165, 1.54) is 24.3 Å². The van der Waals surface area contributed by atoms with E-state index >= 15 is 0 Å². The number of benzene rings is 2. The molecule has 3 rings (SSSR count). The van der Waals surface area contributed by atoms with Crippen molar-refractivity contribution in [1.82, 2.24) is 5.32 Å². The molecule has 1 aliphatic carbocycles. The molecule has 2 aromatic carbocycles. The van der Waals surface area contributed by atoms with E-state index < -0.39 is 29.7 Å². The van der Waals surface area contributed by atoms with Gasteiger partial charge in [-0.15, -0.1) is 0 Å². The number of nitrogens with one attached hydrogen (secondary N) is 1. The van der Waals surface area contributed by atoms with Gasteiger partial charge in [0, 0.05) is 6.54 Å². The average molecular weight is 373 g/mol. The van der Waals surface area contributed by atoms with Crippen LogP contribution in [0.25, 0.3) is 0 Å². The van der Waals surface area contributed by atoms with Crippen LogP contribution in [0, 0.1) is 11.6 Å². The predicted octanol–water partition coefficient (Wildman–Crippen LogP) is 3.64. The normalized spacial score (nSPS) is 15.3. The van der Waals surface area contributed by atoms with Gasteiger partial charge in [0.05, 0.1) is 5.41 Å². The van der Waals surface area contributed by atoms with Crippen LogP contribution >= 0.6 is 0 Å². The Bertz CT molecular complexity index is 814. The first-order valence-electron chi connectivity index (χ1n) is 8.94. The highest BCUT2D eigenvalue weighted by Gasteiger charge is 2.44. The first-order valence-corrected chi connectivity index (χ1v) is 8.94. The molecule has 0 bridgehead atoms. The summed E-state index contributed by atoms with van der Waals surface area (Å²) in [6.07, 6.45) is 2.85. The molecule has 0 heterocycles. The van der Waals surface area contributed by atoms with Crippen LogP contribution in [0.1, 0.15) is 36.8 Å². The minimum Gasteiger partial charge on any atom is -0.455 e. The SMILES string of the molecule is O=C(COC(=O)C1(c2cccc(F)c2)CCCC1)NCc1ccc(F)cc1. The molecule has 27 heavy (non-hydrogen) atoms. The van der Waals surface area contributed by atoms with Gasteiger partial charge in [-0.2, -0.15) is 0 Å². The van der Waals surface area contributed by atoms with E-state index in [9.17, 15) is 18.4 Å². The molecule has 0 spiro atoms. The van der Waals surface area contributed by atoms with Crippen molar-refractivity contribution in [3.8, 4) is 0 Å². The van der Waals surface area contributed by atoms with Crippen molar-refractivity contribution >= 4 is 11.9 Å². The second-order valence-electron chi connectivity index (χ2n) is 6.78. The van der Waals surface area contributed by atoms with Crippen LogP contribution in [0.2, 0.25) is 0 Å². The molecular weight excluding hydrogens is 352 g/mol. The molecular formula is C21H21F2NO3. The van der Waals surface area contributed by atoms with E-state index in [4.69, 9.17) is 4.74 Å². The summed E-state index contributed by atoms with van der Waals surface area (Å²) in [5, 5.41) is 2.63. The van der Waals surface area contributed by atoms with E-state index in [0.717, 1.165) is 18.4 Å². The van der Waals surface area contributed by atoms with Crippen LogP contribution < -0.4 is 5.32 Å². The first kappa shape index (κ1) is 19.0. The van der Waals surface area contributed by atoms with Gasteiger partial charge >= 0.3 is 5.97 Å². The van der Waals surface area contributed by atoms with Gasteiger partial charge in [0.1, 0.15) is 11.6 Å². The molecule has 142 valence electrons. The summed E-state index contributed by atoms with van der Waals surface area (Å²) < 4.78 is 31.8. The third-order valence-electron chi connectivity index (χ3n) is 4.96. The van der Waals surface area contributed by atoms with Crippen molar-refractivity contribution in [2.45, 2.75) is 37.6 Å². The maximum absolute atomic E-state index is 13.6. The quantitative estimate of drug-likeness (QED) is 0.787. The zero-order chi connectivity index (χ0) is 19.3. The fourth-order valence-electron chi connectivity index (χ4n) is 3.50. The van der Waals surface area contributed by atoms with Crippen molar-refractivity contribution < 1.29 is 23.1 Å². The molecule has 1 aliphatic rings. The number of hydrogen-bond acceptors (Lipinski definition) is 3. The Balaban J connectivity index is 1.58. The first-order chi connectivity index (χ1) is 13.0. The third-order valence-corrected chi connectivity index (χ3v) is 4.96. The predicted molar refractivity (Wildman–Crippen MR) is 95.8 cm³/mol. The van der Waals surface area contributed by atoms with Crippen LogP contribution in [0.4, 0.5) is 8.78 Å². The summed E-state index contributed by atoms with van der Waals surface area (Å²) in [6.45, 7) is -0.192. The molecule has 1 fully saturated rings. The summed E-state index contributed by atoms with van der Waals surface area (Å²) in [7, 11) is 0. The van der Waals surface area contributed by atoms with Crippen LogP contribution in [-0.4, -0.2) is 18.5 Å². The number of halogens is 2. The molecule has 1 saturated carbocycles. The standard InChI is InChI=1S/C21H21F2NO3/c22-17-8-6-15(7-9-17)13-24-19(25)14-27-20(26)21(10-1-2-11-21)16-4-3-5-18(23)12-16/h3-9,12H,1-2,10-11,13-14H2,(H,24,25). The fraction of sp³-hybridized carbons (Fsp3) is 0.333. The van der Waals surface area contributed by atoms with E-state index in [2.05, 4.69) is 5.32 Å². The molecule has 0 saturated heterocycles. The van der Waals surface area contributed by atoms with Gasteiger partial charge in [-0.1, -0.05) is 37.1 Å². The van der Waals surface area contributed by atoms with Crippen molar-refractivity contribution in [2.75, 3.05) is 6.61 Å². The maximum Gasteiger partial charge on any atom is 0.317 e. The molecule has 0 radical (unpaired) electrons. The molecule has 1 amide bonds. The van der Waals surface area contributed by atoms with Gasteiger partial charge in [0.25, 0.3) is 5.91 Å². The third kappa shape index (κ3) is 4.51. The largest absolute Gasteiger partial charge is 0.455 e. The topological polar surface area (TPSA) is 55.4 Å². The Kier molecular flexibility index (Phi) is 5.84. The Morgan fingerprint density at radius 2 is 1.70 bits per heavy atom. The number of rotatable bonds is 6. The van der Waals surface area contributed by atoms with Crippen molar-refractivity contribution in [3.63, 3.8) is 0 Å². The highest BCUT2D eigenvalue weighted by molar-refractivity contribution is 5.86. The molecule has 0 aromatic heterocycles. The van der Waals surface area contributed by atoms with E-state index in [-0.39, 0.29) is 12.4 Å². The fourth-order valence-corrected chi connectivity index (χ4v) is 3.50. The van der Waals surface area contributed by atoms with Gasteiger partial charge in [-0.3, -0.25) is 9.59 Å². The molecule has 0 atom stereocenters. The molecule has 0 aliphatic heterocycles. The number of carbonyl (C=O) groups excluding carboxylic acids is 2. The summed E-state index contributed by atoms with van der Waals surface area (Å²) in [4.78, 5) is 24.7. The Morgan fingerprint density at radius 1 is 1.00 bits per heavy atom. The lowest BCUT2D eigenvalue weighted by atomic mass is 9.79. The van der Waals surface area contributed by atoms with E-state index in [0.29, 0.717) is 18.4 Å². The lowest BCUT2D eigenvalue weighted by molar-refractivity contribution is -0.154. The van der Waals surface area contributed by atoms with Gasteiger partial charge < -0.3 is 10.1 Å². The van der Waals surface area contributed by atoms with Gasteiger partial charge in [-0.05, 0) is 48.2 Å². The minimum absolute atomic E-state index is 0.214.